The minimum atomic E-state index is -0.430. The Morgan fingerprint density at radius 3 is 2.83 bits per heavy atom. The zero-order valence-corrected chi connectivity index (χ0v) is 10.6. The molecule has 0 spiro atoms. The molecular formula is C12H16ClNO4. The standard InChI is InChI=1S/C12H16ClNO4/c13-4-7-18-6-1-5-14-12(17)10-8-9(15)2-3-11(10)16/h2-3,8,15-16H,1,4-7H2,(H,14,17). The van der Waals surface area contributed by atoms with Gasteiger partial charge in [0.05, 0.1) is 12.2 Å². The number of rotatable bonds is 7. The van der Waals surface area contributed by atoms with Gasteiger partial charge in [0.15, 0.2) is 0 Å². The van der Waals surface area contributed by atoms with Gasteiger partial charge in [0.1, 0.15) is 11.5 Å². The lowest BCUT2D eigenvalue weighted by atomic mass is 10.1. The Labute approximate surface area is 110 Å². The smallest absolute Gasteiger partial charge is 0.255 e. The van der Waals surface area contributed by atoms with Gasteiger partial charge in [-0.3, -0.25) is 4.79 Å². The van der Waals surface area contributed by atoms with Crippen molar-refractivity contribution in [3.63, 3.8) is 0 Å². The molecule has 0 aliphatic carbocycles. The number of carbonyl (C=O) groups excluding carboxylic acids is 1. The second kappa shape index (κ2) is 7.79. The van der Waals surface area contributed by atoms with Crippen molar-refractivity contribution in [3.8, 4) is 11.5 Å². The van der Waals surface area contributed by atoms with Gasteiger partial charge in [-0.2, -0.15) is 0 Å². The molecule has 3 N–H and O–H groups in total. The molecule has 0 saturated carbocycles. The minimum absolute atomic E-state index is 0.0525. The van der Waals surface area contributed by atoms with Crippen molar-refractivity contribution in [2.45, 2.75) is 6.42 Å². The summed E-state index contributed by atoms with van der Waals surface area (Å²) in [5.41, 5.74) is 0.0525. The average Bonchev–Trinajstić information content (AvgIpc) is 2.36. The van der Waals surface area contributed by atoms with Gasteiger partial charge in [-0.15, -0.1) is 11.6 Å². The van der Waals surface area contributed by atoms with Gasteiger partial charge in [0.25, 0.3) is 5.91 Å². The van der Waals surface area contributed by atoms with E-state index in [1.165, 1.54) is 18.2 Å². The molecule has 0 aliphatic heterocycles. The molecule has 0 fully saturated rings. The number of aromatic hydroxyl groups is 2. The summed E-state index contributed by atoms with van der Waals surface area (Å²) in [4.78, 5) is 11.7. The fourth-order valence-corrected chi connectivity index (χ4v) is 1.44. The van der Waals surface area contributed by atoms with Crippen LogP contribution in [0.2, 0.25) is 0 Å². The number of amides is 1. The van der Waals surface area contributed by atoms with Gasteiger partial charge in [0.2, 0.25) is 0 Å². The third-order valence-electron chi connectivity index (χ3n) is 2.20. The van der Waals surface area contributed by atoms with Gasteiger partial charge in [-0.1, -0.05) is 0 Å². The van der Waals surface area contributed by atoms with E-state index >= 15 is 0 Å². The minimum Gasteiger partial charge on any atom is -0.508 e. The second-order valence-electron chi connectivity index (χ2n) is 3.61. The third kappa shape index (κ3) is 4.81. The molecule has 0 aliphatic rings. The molecule has 0 bridgehead atoms. The maximum Gasteiger partial charge on any atom is 0.255 e. The molecule has 0 radical (unpaired) electrons. The number of hydrogen-bond donors (Lipinski definition) is 3. The average molecular weight is 274 g/mol. The van der Waals surface area contributed by atoms with E-state index in [1.807, 2.05) is 0 Å². The predicted octanol–water partition coefficient (Wildman–Crippen LogP) is 1.47. The quantitative estimate of drug-likeness (QED) is 0.399. The predicted molar refractivity (Wildman–Crippen MR) is 68.3 cm³/mol. The van der Waals surface area contributed by atoms with Crippen LogP contribution < -0.4 is 5.32 Å². The Hall–Kier alpha value is -1.46. The molecule has 1 aromatic rings. The molecule has 6 heteroatoms. The highest BCUT2D eigenvalue weighted by atomic mass is 35.5. The van der Waals surface area contributed by atoms with E-state index in [-0.39, 0.29) is 17.1 Å². The van der Waals surface area contributed by atoms with Crippen LogP contribution in [0, 0.1) is 0 Å². The fraction of sp³-hybridized carbons (Fsp3) is 0.417. The number of hydrogen-bond acceptors (Lipinski definition) is 4. The molecule has 0 aromatic heterocycles. The maximum absolute atomic E-state index is 11.7. The van der Waals surface area contributed by atoms with Crippen molar-refractivity contribution in [2.75, 3.05) is 25.6 Å². The highest BCUT2D eigenvalue weighted by Gasteiger charge is 2.10. The summed E-state index contributed by atoms with van der Waals surface area (Å²) in [6.45, 7) is 1.43. The van der Waals surface area contributed by atoms with E-state index in [1.54, 1.807) is 0 Å². The first-order valence-corrected chi connectivity index (χ1v) is 6.12. The normalized spacial score (nSPS) is 10.3. The molecule has 0 heterocycles. The van der Waals surface area contributed by atoms with Gasteiger partial charge in [0, 0.05) is 19.0 Å². The van der Waals surface area contributed by atoms with Crippen LogP contribution in [0.3, 0.4) is 0 Å². The number of alkyl halides is 1. The summed E-state index contributed by atoms with van der Waals surface area (Å²) in [5.74, 6) is -0.211. The zero-order chi connectivity index (χ0) is 13.4. The Bertz CT molecular complexity index is 398. The van der Waals surface area contributed by atoms with Crippen molar-refractivity contribution in [1.29, 1.82) is 0 Å². The van der Waals surface area contributed by atoms with Crippen molar-refractivity contribution >= 4 is 17.5 Å². The molecule has 1 rings (SSSR count). The highest BCUT2D eigenvalue weighted by Crippen LogP contribution is 2.21. The first-order valence-electron chi connectivity index (χ1n) is 5.59. The molecule has 18 heavy (non-hydrogen) atoms. The third-order valence-corrected chi connectivity index (χ3v) is 2.35. The first-order chi connectivity index (χ1) is 8.65. The monoisotopic (exact) mass is 273 g/mol. The van der Waals surface area contributed by atoms with Crippen LogP contribution in [0.4, 0.5) is 0 Å². The summed E-state index contributed by atoms with van der Waals surface area (Å²) in [7, 11) is 0. The van der Waals surface area contributed by atoms with Crippen molar-refractivity contribution < 1.29 is 19.7 Å². The molecule has 0 unspecified atom stereocenters. The maximum atomic E-state index is 11.7. The Morgan fingerprint density at radius 2 is 2.11 bits per heavy atom. The van der Waals surface area contributed by atoms with Gasteiger partial charge < -0.3 is 20.3 Å². The van der Waals surface area contributed by atoms with Crippen LogP contribution in [-0.4, -0.2) is 41.8 Å². The number of nitrogens with one attached hydrogen (secondary N) is 1. The molecule has 1 amide bonds. The molecule has 100 valence electrons. The van der Waals surface area contributed by atoms with E-state index in [0.717, 1.165) is 0 Å². The van der Waals surface area contributed by atoms with E-state index in [4.69, 9.17) is 16.3 Å². The lowest BCUT2D eigenvalue weighted by Gasteiger charge is -2.07. The fourth-order valence-electron chi connectivity index (χ4n) is 1.33. The van der Waals surface area contributed by atoms with Gasteiger partial charge in [-0.05, 0) is 24.6 Å². The van der Waals surface area contributed by atoms with Crippen LogP contribution in [0.1, 0.15) is 16.8 Å². The number of halogens is 1. The number of ether oxygens (including phenoxy) is 1. The number of benzene rings is 1. The van der Waals surface area contributed by atoms with Crippen molar-refractivity contribution in [3.05, 3.63) is 23.8 Å². The summed E-state index contributed by atoms with van der Waals surface area (Å²) in [5, 5.41) is 21.3. The van der Waals surface area contributed by atoms with Crippen LogP contribution >= 0.6 is 11.6 Å². The van der Waals surface area contributed by atoms with Crippen LogP contribution in [0.25, 0.3) is 0 Å². The zero-order valence-electron chi connectivity index (χ0n) is 9.86. The number of carbonyl (C=O) groups is 1. The molecule has 1 aromatic carbocycles. The Morgan fingerprint density at radius 1 is 1.33 bits per heavy atom. The second-order valence-corrected chi connectivity index (χ2v) is 3.99. The van der Waals surface area contributed by atoms with E-state index in [0.29, 0.717) is 32.1 Å². The van der Waals surface area contributed by atoms with Crippen molar-refractivity contribution in [2.24, 2.45) is 0 Å². The number of phenols is 2. The lowest BCUT2D eigenvalue weighted by molar-refractivity contribution is 0.0941. The van der Waals surface area contributed by atoms with Crippen LogP contribution in [0.15, 0.2) is 18.2 Å². The summed E-state index contributed by atoms with van der Waals surface area (Å²) < 4.78 is 5.14. The topological polar surface area (TPSA) is 78.8 Å². The van der Waals surface area contributed by atoms with Crippen molar-refractivity contribution in [1.82, 2.24) is 5.32 Å². The first kappa shape index (κ1) is 14.6. The van der Waals surface area contributed by atoms with E-state index in [2.05, 4.69) is 5.32 Å². The Kier molecular flexibility index (Phi) is 6.32. The van der Waals surface area contributed by atoms with E-state index < -0.39 is 5.91 Å². The summed E-state index contributed by atoms with van der Waals surface area (Å²) in [6.07, 6.45) is 0.655. The SMILES string of the molecule is O=C(NCCCOCCCl)c1cc(O)ccc1O. The van der Waals surface area contributed by atoms with Gasteiger partial charge in [-0.25, -0.2) is 0 Å². The van der Waals surface area contributed by atoms with E-state index in [9.17, 15) is 15.0 Å². The highest BCUT2D eigenvalue weighted by molar-refractivity contribution is 6.17. The Balaban J connectivity index is 2.34. The number of phenolic OH excluding ortho intramolecular Hbond substituents is 2. The van der Waals surface area contributed by atoms with Gasteiger partial charge >= 0.3 is 0 Å². The molecular weight excluding hydrogens is 258 g/mol. The lowest BCUT2D eigenvalue weighted by Crippen LogP contribution is -2.25. The summed E-state index contributed by atoms with van der Waals surface area (Å²) >= 11 is 5.43. The largest absolute Gasteiger partial charge is 0.508 e. The van der Waals surface area contributed by atoms with Crippen LogP contribution in [-0.2, 0) is 4.74 Å². The molecule has 0 atom stereocenters. The molecule has 5 nitrogen and oxygen atoms in total. The molecule has 0 saturated heterocycles. The van der Waals surface area contributed by atoms with Crippen LogP contribution in [0.5, 0.6) is 11.5 Å². The summed E-state index contributed by atoms with van der Waals surface area (Å²) in [6, 6.07) is 3.80.